The van der Waals surface area contributed by atoms with Gasteiger partial charge in [-0.05, 0) is 12.1 Å². The van der Waals surface area contributed by atoms with Crippen LogP contribution in [0.5, 0.6) is 0 Å². The van der Waals surface area contributed by atoms with Gasteiger partial charge in [0.2, 0.25) is 0 Å². The zero-order valence-electron chi connectivity index (χ0n) is 10.8. The SMILES string of the molecule is CN1C2=C(C#N)C(C(F)(F)F)NC(=O)N2c2ccccc21. The third-order valence-electron chi connectivity index (χ3n) is 3.46. The number of alkyl halides is 3. The Hall–Kier alpha value is -2.69. The maximum Gasteiger partial charge on any atom is 0.413 e. The Morgan fingerprint density at radius 1 is 1.29 bits per heavy atom. The summed E-state index contributed by atoms with van der Waals surface area (Å²) in [6.45, 7) is 0. The zero-order chi connectivity index (χ0) is 15.4. The van der Waals surface area contributed by atoms with Gasteiger partial charge in [-0.3, -0.25) is 0 Å². The highest BCUT2D eigenvalue weighted by molar-refractivity contribution is 6.05. The van der Waals surface area contributed by atoms with Gasteiger partial charge in [0.25, 0.3) is 0 Å². The van der Waals surface area contributed by atoms with E-state index in [1.807, 2.05) is 5.32 Å². The number of amides is 2. The quantitative estimate of drug-likeness (QED) is 0.799. The fourth-order valence-corrected chi connectivity index (χ4v) is 2.57. The molecule has 5 nitrogen and oxygen atoms in total. The summed E-state index contributed by atoms with van der Waals surface area (Å²) in [5.41, 5.74) is 0.486. The van der Waals surface area contributed by atoms with E-state index in [1.54, 1.807) is 30.3 Å². The third kappa shape index (κ3) is 1.74. The molecule has 0 radical (unpaired) electrons. The van der Waals surface area contributed by atoms with Gasteiger partial charge in [0.05, 0.1) is 11.4 Å². The normalized spacial score (nSPS) is 20.9. The molecule has 108 valence electrons. The van der Waals surface area contributed by atoms with E-state index in [-0.39, 0.29) is 5.82 Å². The number of nitriles is 1. The molecular weight excluding hydrogens is 285 g/mol. The molecule has 1 unspecified atom stereocenters. The monoisotopic (exact) mass is 294 g/mol. The van der Waals surface area contributed by atoms with Crippen molar-refractivity contribution < 1.29 is 18.0 Å². The van der Waals surface area contributed by atoms with Crippen molar-refractivity contribution in [2.45, 2.75) is 12.2 Å². The van der Waals surface area contributed by atoms with E-state index in [9.17, 15) is 18.0 Å². The van der Waals surface area contributed by atoms with Crippen molar-refractivity contribution in [3.05, 3.63) is 35.7 Å². The Labute approximate surface area is 117 Å². The van der Waals surface area contributed by atoms with Crippen LogP contribution in [0.2, 0.25) is 0 Å². The van der Waals surface area contributed by atoms with Crippen molar-refractivity contribution in [2.24, 2.45) is 0 Å². The molecule has 2 heterocycles. The number of rotatable bonds is 0. The first-order valence-electron chi connectivity index (χ1n) is 6.00. The summed E-state index contributed by atoms with van der Waals surface area (Å²) in [6, 6.07) is 5.05. The number of nitrogens with zero attached hydrogens (tertiary/aromatic N) is 3. The number of carbonyl (C=O) groups is 1. The number of fused-ring (bicyclic) bond motifs is 3. The average Bonchev–Trinajstić information content (AvgIpc) is 2.73. The van der Waals surface area contributed by atoms with Gasteiger partial charge in [-0.1, -0.05) is 12.1 Å². The van der Waals surface area contributed by atoms with Gasteiger partial charge in [-0.25, -0.2) is 9.69 Å². The first-order valence-corrected chi connectivity index (χ1v) is 6.00. The van der Waals surface area contributed by atoms with Crippen molar-refractivity contribution in [3.63, 3.8) is 0 Å². The summed E-state index contributed by atoms with van der Waals surface area (Å²) in [5.74, 6) is -0.0511. The zero-order valence-corrected chi connectivity index (χ0v) is 10.8. The van der Waals surface area contributed by atoms with Crippen LogP contribution in [0.25, 0.3) is 0 Å². The van der Waals surface area contributed by atoms with Crippen LogP contribution >= 0.6 is 0 Å². The molecule has 0 aliphatic carbocycles. The molecule has 2 aliphatic rings. The highest BCUT2D eigenvalue weighted by Gasteiger charge is 2.52. The van der Waals surface area contributed by atoms with Crippen molar-refractivity contribution >= 4 is 17.4 Å². The number of hydrogen-bond donors (Lipinski definition) is 1. The largest absolute Gasteiger partial charge is 0.413 e. The molecular formula is C13H9F3N4O. The summed E-state index contributed by atoms with van der Waals surface area (Å²) in [7, 11) is 1.53. The summed E-state index contributed by atoms with van der Waals surface area (Å²) in [6.07, 6.45) is -4.73. The van der Waals surface area contributed by atoms with Crippen molar-refractivity contribution in [2.75, 3.05) is 16.8 Å². The maximum absolute atomic E-state index is 13.0. The molecule has 21 heavy (non-hydrogen) atoms. The molecule has 3 rings (SSSR count). The van der Waals surface area contributed by atoms with E-state index in [4.69, 9.17) is 5.26 Å². The van der Waals surface area contributed by atoms with E-state index in [0.717, 1.165) is 4.90 Å². The van der Waals surface area contributed by atoms with Gasteiger partial charge in [0.1, 0.15) is 17.5 Å². The molecule has 8 heteroatoms. The first-order chi connectivity index (χ1) is 9.86. The van der Waals surface area contributed by atoms with E-state index < -0.39 is 23.8 Å². The van der Waals surface area contributed by atoms with E-state index >= 15 is 0 Å². The summed E-state index contributed by atoms with van der Waals surface area (Å²) >= 11 is 0. The minimum Gasteiger partial charge on any atom is -0.328 e. The lowest BCUT2D eigenvalue weighted by Gasteiger charge is -2.33. The summed E-state index contributed by atoms with van der Waals surface area (Å²) in [4.78, 5) is 14.6. The second-order valence-electron chi connectivity index (χ2n) is 4.66. The molecule has 1 N–H and O–H groups in total. The average molecular weight is 294 g/mol. The van der Waals surface area contributed by atoms with Gasteiger partial charge in [0, 0.05) is 7.05 Å². The Morgan fingerprint density at radius 3 is 2.48 bits per heavy atom. The number of halogens is 3. The minimum atomic E-state index is -4.73. The summed E-state index contributed by atoms with van der Waals surface area (Å²) in [5, 5.41) is 11.0. The van der Waals surface area contributed by atoms with E-state index in [1.165, 1.54) is 11.9 Å². The number of nitrogens with one attached hydrogen (secondary N) is 1. The van der Waals surface area contributed by atoms with Crippen molar-refractivity contribution in [1.29, 1.82) is 5.26 Å². The predicted octanol–water partition coefficient (Wildman–Crippen LogP) is 2.33. The van der Waals surface area contributed by atoms with Gasteiger partial charge >= 0.3 is 12.2 Å². The van der Waals surface area contributed by atoms with Crippen molar-refractivity contribution in [3.8, 4) is 6.07 Å². The van der Waals surface area contributed by atoms with Crippen LogP contribution in [-0.2, 0) is 0 Å². The summed E-state index contributed by atoms with van der Waals surface area (Å²) < 4.78 is 39.1. The lowest BCUT2D eigenvalue weighted by atomic mass is 10.1. The topological polar surface area (TPSA) is 59.4 Å². The van der Waals surface area contributed by atoms with Crippen LogP contribution < -0.4 is 15.1 Å². The molecule has 0 aromatic heterocycles. The number of carbonyl (C=O) groups excluding carboxylic acids is 1. The molecule has 1 atom stereocenters. The second kappa shape index (κ2) is 4.15. The van der Waals surface area contributed by atoms with Crippen LogP contribution in [-0.4, -0.2) is 25.3 Å². The van der Waals surface area contributed by atoms with Gasteiger partial charge in [0.15, 0.2) is 6.04 Å². The molecule has 0 saturated carbocycles. The highest BCUT2D eigenvalue weighted by Crippen LogP contribution is 2.44. The van der Waals surface area contributed by atoms with Gasteiger partial charge in [-0.2, -0.15) is 18.4 Å². The van der Waals surface area contributed by atoms with Gasteiger partial charge in [-0.15, -0.1) is 0 Å². The minimum absolute atomic E-state index is 0.0511. The Kier molecular flexibility index (Phi) is 2.63. The number of anilines is 2. The molecule has 2 amide bonds. The first kappa shape index (κ1) is 13.3. The molecule has 2 aliphatic heterocycles. The maximum atomic E-state index is 13.0. The standard InChI is InChI=1S/C13H9F3N4O/c1-19-8-4-2-3-5-9(8)20-11(19)7(6-17)10(13(14,15)16)18-12(20)21/h2-5,10H,1H3,(H,18,21). The fraction of sp³-hybridized carbons (Fsp3) is 0.231. The smallest absolute Gasteiger partial charge is 0.328 e. The van der Waals surface area contributed by atoms with E-state index in [2.05, 4.69) is 0 Å². The Morgan fingerprint density at radius 2 is 1.90 bits per heavy atom. The van der Waals surface area contributed by atoms with Crippen LogP contribution in [0.3, 0.4) is 0 Å². The lowest BCUT2D eigenvalue weighted by Crippen LogP contribution is -2.56. The number of para-hydroxylation sites is 2. The van der Waals surface area contributed by atoms with Crippen LogP contribution in [0, 0.1) is 11.3 Å². The Bertz CT molecular complexity index is 704. The lowest BCUT2D eigenvalue weighted by molar-refractivity contribution is -0.144. The molecule has 0 spiro atoms. The number of hydrogen-bond acceptors (Lipinski definition) is 3. The predicted molar refractivity (Wildman–Crippen MR) is 68.3 cm³/mol. The van der Waals surface area contributed by atoms with Crippen LogP contribution in [0.15, 0.2) is 35.7 Å². The molecule has 0 fully saturated rings. The highest BCUT2D eigenvalue weighted by atomic mass is 19.4. The molecule has 0 bridgehead atoms. The fourth-order valence-electron chi connectivity index (χ4n) is 2.57. The molecule has 1 aromatic carbocycles. The van der Waals surface area contributed by atoms with E-state index in [0.29, 0.717) is 11.4 Å². The second-order valence-corrected chi connectivity index (χ2v) is 4.66. The van der Waals surface area contributed by atoms with Gasteiger partial charge < -0.3 is 10.2 Å². The third-order valence-corrected chi connectivity index (χ3v) is 3.46. The Balaban J connectivity index is 2.25. The van der Waals surface area contributed by atoms with Crippen LogP contribution in [0.1, 0.15) is 0 Å². The number of urea groups is 1. The molecule has 0 saturated heterocycles. The number of benzene rings is 1. The van der Waals surface area contributed by atoms with Crippen LogP contribution in [0.4, 0.5) is 29.3 Å². The van der Waals surface area contributed by atoms with Crippen molar-refractivity contribution in [1.82, 2.24) is 5.32 Å². The molecule has 1 aromatic rings.